The summed E-state index contributed by atoms with van der Waals surface area (Å²) in [5.74, 6) is 0. The quantitative estimate of drug-likeness (QED) is 0.553. The lowest BCUT2D eigenvalue weighted by molar-refractivity contribution is 0.147. The number of hydrogen-bond acceptors (Lipinski definition) is 3. The first kappa shape index (κ1) is 18.7. The van der Waals surface area contributed by atoms with Gasteiger partial charge in [-0.2, -0.15) is 0 Å². The van der Waals surface area contributed by atoms with Gasteiger partial charge in [-0.05, 0) is 24.3 Å². The maximum atomic E-state index is 11.6. The molecule has 0 radical (unpaired) electrons. The standard InChI is InChI=1S/C16H25ClN2O3/c1-16(2,11-20)8-5-9-18-15(22)19-10-14(21)12-6-3-4-7-13(12)17/h3-4,6-7,14,20-21H,5,8-11H2,1-2H3,(H2,18,19,22). The Morgan fingerprint density at radius 2 is 2.00 bits per heavy atom. The minimum atomic E-state index is -0.840. The second-order valence-electron chi connectivity index (χ2n) is 6.10. The van der Waals surface area contributed by atoms with Crippen LogP contribution in [0.3, 0.4) is 0 Å². The largest absolute Gasteiger partial charge is 0.396 e. The van der Waals surface area contributed by atoms with E-state index >= 15 is 0 Å². The highest BCUT2D eigenvalue weighted by molar-refractivity contribution is 6.31. The Hall–Kier alpha value is -1.30. The van der Waals surface area contributed by atoms with Crippen LogP contribution in [0.2, 0.25) is 5.02 Å². The number of carbonyl (C=O) groups excluding carboxylic acids is 1. The van der Waals surface area contributed by atoms with Crippen molar-refractivity contribution in [3.63, 3.8) is 0 Å². The van der Waals surface area contributed by atoms with E-state index < -0.39 is 6.10 Å². The molecular weight excluding hydrogens is 304 g/mol. The van der Waals surface area contributed by atoms with Crippen molar-refractivity contribution < 1.29 is 15.0 Å². The number of benzene rings is 1. The summed E-state index contributed by atoms with van der Waals surface area (Å²) in [6, 6.07) is 6.67. The van der Waals surface area contributed by atoms with Crippen LogP contribution in [0.5, 0.6) is 0 Å². The van der Waals surface area contributed by atoms with Crippen molar-refractivity contribution >= 4 is 17.6 Å². The molecular formula is C16H25ClN2O3. The minimum absolute atomic E-state index is 0.0949. The van der Waals surface area contributed by atoms with Gasteiger partial charge in [-0.25, -0.2) is 4.79 Å². The Morgan fingerprint density at radius 1 is 1.32 bits per heavy atom. The van der Waals surface area contributed by atoms with Gasteiger partial charge in [-0.15, -0.1) is 0 Å². The van der Waals surface area contributed by atoms with Gasteiger partial charge in [0.2, 0.25) is 0 Å². The van der Waals surface area contributed by atoms with Crippen molar-refractivity contribution in [2.24, 2.45) is 5.41 Å². The summed E-state index contributed by atoms with van der Waals surface area (Å²) in [7, 11) is 0. The normalized spacial score (nSPS) is 12.8. The SMILES string of the molecule is CC(C)(CO)CCCNC(=O)NCC(O)c1ccccc1Cl. The van der Waals surface area contributed by atoms with E-state index in [4.69, 9.17) is 16.7 Å². The molecule has 1 unspecified atom stereocenters. The molecule has 0 aromatic heterocycles. The molecule has 0 saturated carbocycles. The fraction of sp³-hybridized carbons (Fsp3) is 0.562. The summed E-state index contributed by atoms with van der Waals surface area (Å²) < 4.78 is 0. The molecule has 6 heteroatoms. The summed E-state index contributed by atoms with van der Waals surface area (Å²) in [5.41, 5.74) is 0.465. The summed E-state index contributed by atoms with van der Waals surface area (Å²) in [6.07, 6.45) is 0.771. The van der Waals surface area contributed by atoms with Crippen LogP contribution in [0.4, 0.5) is 4.79 Å². The van der Waals surface area contributed by atoms with Crippen molar-refractivity contribution in [3.8, 4) is 0 Å². The third kappa shape index (κ3) is 6.64. The van der Waals surface area contributed by atoms with Crippen LogP contribution in [0.1, 0.15) is 38.4 Å². The van der Waals surface area contributed by atoms with E-state index in [1.54, 1.807) is 24.3 Å². The Balaban J connectivity index is 2.25. The average Bonchev–Trinajstić information content (AvgIpc) is 2.49. The fourth-order valence-corrected chi connectivity index (χ4v) is 2.22. The van der Waals surface area contributed by atoms with Gasteiger partial charge in [0.15, 0.2) is 0 Å². The van der Waals surface area contributed by atoms with E-state index in [-0.39, 0.29) is 24.6 Å². The van der Waals surface area contributed by atoms with Gasteiger partial charge < -0.3 is 20.8 Å². The number of urea groups is 1. The highest BCUT2D eigenvalue weighted by atomic mass is 35.5. The number of hydrogen-bond donors (Lipinski definition) is 4. The van der Waals surface area contributed by atoms with Gasteiger partial charge >= 0.3 is 6.03 Å². The number of rotatable bonds is 8. The zero-order valence-electron chi connectivity index (χ0n) is 13.1. The van der Waals surface area contributed by atoms with Gasteiger partial charge in [-0.1, -0.05) is 43.6 Å². The van der Waals surface area contributed by atoms with E-state index in [9.17, 15) is 9.90 Å². The predicted molar refractivity (Wildman–Crippen MR) is 87.9 cm³/mol. The van der Waals surface area contributed by atoms with Gasteiger partial charge in [0.1, 0.15) is 0 Å². The zero-order chi connectivity index (χ0) is 16.6. The maximum absolute atomic E-state index is 11.6. The number of halogens is 1. The van der Waals surface area contributed by atoms with Gasteiger partial charge in [0, 0.05) is 30.3 Å². The lowest BCUT2D eigenvalue weighted by Gasteiger charge is -2.21. The predicted octanol–water partition coefficient (Wildman–Crippen LogP) is 2.47. The molecule has 0 aliphatic heterocycles. The van der Waals surface area contributed by atoms with Crippen molar-refractivity contribution in [1.29, 1.82) is 0 Å². The molecule has 0 saturated heterocycles. The maximum Gasteiger partial charge on any atom is 0.314 e. The molecule has 0 bridgehead atoms. The number of aliphatic hydroxyl groups is 2. The van der Waals surface area contributed by atoms with Gasteiger partial charge in [0.25, 0.3) is 0 Å². The minimum Gasteiger partial charge on any atom is -0.396 e. The van der Waals surface area contributed by atoms with Gasteiger partial charge in [-0.3, -0.25) is 0 Å². The summed E-state index contributed by atoms with van der Waals surface area (Å²) in [5, 5.41) is 25.0. The summed E-state index contributed by atoms with van der Waals surface area (Å²) in [4.78, 5) is 11.6. The topological polar surface area (TPSA) is 81.6 Å². The van der Waals surface area contributed by atoms with Crippen LogP contribution in [-0.2, 0) is 0 Å². The number of nitrogens with one attached hydrogen (secondary N) is 2. The molecule has 4 N–H and O–H groups in total. The van der Waals surface area contributed by atoms with Crippen molar-refractivity contribution in [2.45, 2.75) is 32.8 Å². The molecule has 5 nitrogen and oxygen atoms in total. The van der Waals surface area contributed by atoms with Crippen molar-refractivity contribution in [1.82, 2.24) is 10.6 Å². The van der Waals surface area contributed by atoms with Crippen molar-refractivity contribution in [2.75, 3.05) is 19.7 Å². The molecule has 1 aromatic rings. The third-order valence-corrected chi connectivity index (χ3v) is 3.81. The van der Waals surface area contributed by atoms with Crippen LogP contribution in [-0.4, -0.2) is 35.9 Å². The number of aliphatic hydroxyl groups excluding tert-OH is 2. The zero-order valence-corrected chi connectivity index (χ0v) is 13.9. The molecule has 1 rings (SSSR count). The molecule has 0 aliphatic carbocycles. The Morgan fingerprint density at radius 3 is 2.64 bits per heavy atom. The van der Waals surface area contributed by atoms with Crippen LogP contribution < -0.4 is 10.6 Å². The second-order valence-corrected chi connectivity index (χ2v) is 6.51. The lowest BCUT2D eigenvalue weighted by atomic mass is 9.89. The molecule has 1 aromatic carbocycles. The van der Waals surface area contributed by atoms with E-state index in [0.29, 0.717) is 17.1 Å². The number of amides is 2. The highest BCUT2D eigenvalue weighted by Crippen LogP contribution is 2.22. The molecule has 0 spiro atoms. The van der Waals surface area contributed by atoms with E-state index in [0.717, 1.165) is 12.8 Å². The molecule has 0 fully saturated rings. The first-order chi connectivity index (χ1) is 10.4. The Bertz CT molecular complexity index is 480. The summed E-state index contributed by atoms with van der Waals surface area (Å²) in [6.45, 7) is 4.71. The average molecular weight is 329 g/mol. The number of carbonyl (C=O) groups is 1. The first-order valence-electron chi connectivity index (χ1n) is 7.41. The highest BCUT2D eigenvalue weighted by Gasteiger charge is 2.16. The van der Waals surface area contributed by atoms with Crippen LogP contribution in [0.15, 0.2) is 24.3 Å². The third-order valence-electron chi connectivity index (χ3n) is 3.46. The Kier molecular flexibility index (Phi) is 7.65. The first-order valence-corrected chi connectivity index (χ1v) is 7.78. The molecule has 124 valence electrons. The fourth-order valence-electron chi connectivity index (χ4n) is 1.96. The lowest BCUT2D eigenvalue weighted by Crippen LogP contribution is -2.38. The van der Waals surface area contributed by atoms with Crippen LogP contribution in [0, 0.1) is 5.41 Å². The smallest absolute Gasteiger partial charge is 0.314 e. The molecule has 1 atom stereocenters. The molecule has 0 heterocycles. The van der Waals surface area contributed by atoms with Crippen LogP contribution in [0.25, 0.3) is 0 Å². The second kappa shape index (κ2) is 8.98. The van der Waals surface area contributed by atoms with E-state index in [2.05, 4.69) is 10.6 Å². The Labute approximate surface area is 136 Å². The van der Waals surface area contributed by atoms with Crippen LogP contribution >= 0.6 is 11.6 Å². The molecule has 22 heavy (non-hydrogen) atoms. The monoisotopic (exact) mass is 328 g/mol. The molecule has 2 amide bonds. The van der Waals surface area contributed by atoms with Crippen molar-refractivity contribution in [3.05, 3.63) is 34.9 Å². The molecule has 0 aliphatic rings. The van der Waals surface area contributed by atoms with E-state index in [1.165, 1.54) is 0 Å². The van der Waals surface area contributed by atoms with Gasteiger partial charge in [0.05, 0.1) is 6.10 Å². The summed E-state index contributed by atoms with van der Waals surface area (Å²) >= 11 is 5.98. The van der Waals surface area contributed by atoms with E-state index in [1.807, 2.05) is 13.8 Å².